The Bertz CT molecular complexity index is 350. The van der Waals surface area contributed by atoms with Crippen LogP contribution in [-0.2, 0) is 0 Å². The lowest BCUT2D eigenvalue weighted by molar-refractivity contribution is 0.145. The average molecular weight is 234 g/mol. The smallest absolute Gasteiger partial charge is 0.115 e. The van der Waals surface area contributed by atoms with Crippen molar-refractivity contribution in [2.75, 3.05) is 13.1 Å². The maximum absolute atomic E-state index is 9.33. The molecule has 2 unspecified atom stereocenters. The predicted octanol–water partition coefficient (Wildman–Crippen LogP) is 2.27. The highest BCUT2D eigenvalue weighted by atomic mass is 16.3. The largest absolute Gasteiger partial charge is 0.508 e. The Balaban J connectivity index is 2.12. The van der Waals surface area contributed by atoms with Crippen LogP contribution in [0.25, 0.3) is 0 Å². The van der Waals surface area contributed by atoms with Gasteiger partial charge in [-0.25, -0.2) is 0 Å². The molecule has 1 aliphatic rings. The van der Waals surface area contributed by atoms with Gasteiger partial charge in [0, 0.05) is 18.6 Å². The van der Waals surface area contributed by atoms with Crippen LogP contribution in [0.2, 0.25) is 0 Å². The molecule has 0 aromatic heterocycles. The van der Waals surface area contributed by atoms with E-state index >= 15 is 0 Å². The minimum atomic E-state index is 0.315. The molecule has 1 aliphatic heterocycles. The summed E-state index contributed by atoms with van der Waals surface area (Å²) in [4.78, 5) is 2.47. The number of phenolic OH excluding ortho intramolecular Hbond substituents is 1. The average Bonchev–Trinajstić information content (AvgIpc) is 2.33. The Morgan fingerprint density at radius 1 is 1.41 bits per heavy atom. The van der Waals surface area contributed by atoms with Gasteiger partial charge in [0.2, 0.25) is 0 Å². The molecular weight excluding hydrogens is 212 g/mol. The summed E-state index contributed by atoms with van der Waals surface area (Å²) in [5.74, 6) is 0.332. The molecule has 3 nitrogen and oxygen atoms in total. The first-order chi connectivity index (χ1) is 8.20. The summed E-state index contributed by atoms with van der Waals surface area (Å²) in [6.45, 7) is 4.32. The van der Waals surface area contributed by atoms with E-state index in [1.54, 1.807) is 12.1 Å². The van der Waals surface area contributed by atoms with Gasteiger partial charge >= 0.3 is 0 Å². The maximum Gasteiger partial charge on any atom is 0.115 e. The molecule has 3 N–H and O–H groups in total. The van der Waals surface area contributed by atoms with E-state index in [0.29, 0.717) is 17.8 Å². The van der Waals surface area contributed by atoms with Crippen molar-refractivity contribution in [1.29, 1.82) is 0 Å². The van der Waals surface area contributed by atoms with Gasteiger partial charge in [-0.2, -0.15) is 0 Å². The molecule has 1 fully saturated rings. The number of hydrogen-bond donors (Lipinski definition) is 2. The lowest BCUT2D eigenvalue weighted by atomic mass is 9.98. The van der Waals surface area contributed by atoms with Crippen molar-refractivity contribution in [2.45, 2.75) is 38.3 Å². The highest BCUT2D eigenvalue weighted by Crippen LogP contribution is 2.28. The van der Waals surface area contributed by atoms with Crippen LogP contribution in [0.3, 0.4) is 0 Å². The number of phenols is 1. The van der Waals surface area contributed by atoms with Crippen molar-refractivity contribution in [1.82, 2.24) is 4.90 Å². The fraction of sp³-hybridized carbons (Fsp3) is 0.571. The van der Waals surface area contributed by atoms with Gasteiger partial charge in [0.05, 0.1) is 0 Å². The predicted molar refractivity (Wildman–Crippen MR) is 69.9 cm³/mol. The molecule has 1 saturated heterocycles. The van der Waals surface area contributed by atoms with E-state index in [4.69, 9.17) is 5.73 Å². The number of likely N-dealkylation sites (tertiary alicyclic amines) is 1. The summed E-state index contributed by atoms with van der Waals surface area (Å²) in [5.41, 5.74) is 7.32. The Morgan fingerprint density at radius 3 is 2.71 bits per heavy atom. The summed E-state index contributed by atoms with van der Waals surface area (Å²) >= 11 is 0. The van der Waals surface area contributed by atoms with E-state index in [9.17, 15) is 5.11 Å². The van der Waals surface area contributed by atoms with E-state index in [-0.39, 0.29) is 0 Å². The van der Waals surface area contributed by atoms with Crippen LogP contribution in [0.15, 0.2) is 24.3 Å². The molecule has 2 rings (SSSR count). The van der Waals surface area contributed by atoms with Crippen molar-refractivity contribution in [3.8, 4) is 5.75 Å². The molecule has 1 aromatic rings. The van der Waals surface area contributed by atoms with E-state index in [1.807, 2.05) is 12.1 Å². The van der Waals surface area contributed by atoms with Crippen LogP contribution >= 0.6 is 0 Å². The zero-order chi connectivity index (χ0) is 12.3. The molecule has 0 amide bonds. The number of aromatic hydroxyl groups is 1. The summed E-state index contributed by atoms with van der Waals surface area (Å²) < 4.78 is 0. The summed E-state index contributed by atoms with van der Waals surface area (Å²) in [6, 6.07) is 8.31. The minimum Gasteiger partial charge on any atom is -0.508 e. The van der Waals surface area contributed by atoms with E-state index in [1.165, 1.54) is 12.0 Å². The van der Waals surface area contributed by atoms with Crippen LogP contribution in [-0.4, -0.2) is 29.1 Å². The Hall–Kier alpha value is -1.06. The monoisotopic (exact) mass is 234 g/mol. The Labute approximate surface area is 103 Å². The van der Waals surface area contributed by atoms with Crippen molar-refractivity contribution in [3.63, 3.8) is 0 Å². The van der Waals surface area contributed by atoms with Gasteiger partial charge in [0.1, 0.15) is 5.75 Å². The second kappa shape index (κ2) is 5.52. The number of benzene rings is 1. The van der Waals surface area contributed by atoms with Gasteiger partial charge in [-0.3, -0.25) is 4.90 Å². The van der Waals surface area contributed by atoms with Gasteiger partial charge in [-0.05, 0) is 43.5 Å². The third kappa shape index (κ3) is 2.99. The first-order valence-electron chi connectivity index (χ1n) is 6.49. The molecule has 17 heavy (non-hydrogen) atoms. The molecule has 0 spiro atoms. The molecule has 0 bridgehead atoms. The SMILES string of the molecule is CCC(c1ccc(O)cc1)N1CCCC(N)C1. The first-order valence-corrected chi connectivity index (χ1v) is 6.49. The summed E-state index contributed by atoms with van der Waals surface area (Å²) in [5, 5.41) is 9.33. The van der Waals surface area contributed by atoms with Crippen LogP contribution in [0.1, 0.15) is 37.8 Å². The number of rotatable bonds is 3. The third-order valence-electron chi connectivity index (χ3n) is 3.59. The molecule has 1 heterocycles. The van der Waals surface area contributed by atoms with Crippen molar-refractivity contribution < 1.29 is 5.11 Å². The molecule has 0 radical (unpaired) electrons. The van der Waals surface area contributed by atoms with Crippen LogP contribution in [0.5, 0.6) is 5.75 Å². The van der Waals surface area contributed by atoms with Gasteiger partial charge in [0.15, 0.2) is 0 Å². The van der Waals surface area contributed by atoms with Gasteiger partial charge in [-0.1, -0.05) is 19.1 Å². The second-order valence-electron chi connectivity index (χ2n) is 4.91. The zero-order valence-electron chi connectivity index (χ0n) is 10.5. The lowest BCUT2D eigenvalue weighted by Gasteiger charge is -2.37. The summed E-state index contributed by atoms with van der Waals surface area (Å²) in [7, 11) is 0. The molecular formula is C14H22N2O. The molecule has 1 aromatic carbocycles. The van der Waals surface area contributed by atoms with Crippen LogP contribution < -0.4 is 5.73 Å². The molecule has 3 heteroatoms. The highest BCUT2D eigenvalue weighted by molar-refractivity contribution is 5.28. The number of hydrogen-bond acceptors (Lipinski definition) is 3. The fourth-order valence-electron chi connectivity index (χ4n) is 2.72. The van der Waals surface area contributed by atoms with Crippen LogP contribution in [0.4, 0.5) is 0 Å². The third-order valence-corrected chi connectivity index (χ3v) is 3.59. The Morgan fingerprint density at radius 2 is 2.12 bits per heavy atom. The summed E-state index contributed by atoms with van der Waals surface area (Å²) in [6.07, 6.45) is 3.41. The fourth-order valence-corrected chi connectivity index (χ4v) is 2.72. The molecule has 94 valence electrons. The van der Waals surface area contributed by atoms with E-state index in [2.05, 4.69) is 11.8 Å². The van der Waals surface area contributed by atoms with E-state index in [0.717, 1.165) is 25.9 Å². The van der Waals surface area contributed by atoms with Crippen LogP contribution in [0, 0.1) is 0 Å². The standard InChI is InChI=1S/C14H22N2O/c1-2-14(11-5-7-13(17)8-6-11)16-9-3-4-12(15)10-16/h5-8,12,14,17H,2-4,9-10,15H2,1H3. The van der Waals surface area contributed by atoms with Gasteiger partial charge in [0.25, 0.3) is 0 Å². The van der Waals surface area contributed by atoms with Crippen molar-refractivity contribution in [2.24, 2.45) is 5.73 Å². The zero-order valence-corrected chi connectivity index (χ0v) is 10.5. The number of nitrogens with two attached hydrogens (primary N) is 1. The normalized spacial score (nSPS) is 23.5. The van der Waals surface area contributed by atoms with E-state index < -0.39 is 0 Å². The maximum atomic E-state index is 9.33. The quantitative estimate of drug-likeness (QED) is 0.843. The minimum absolute atomic E-state index is 0.315. The molecule has 2 atom stereocenters. The molecule has 0 saturated carbocycles. The van der Waals surface area contributed by atoms with Gasteiger partial charge < -0.3 is 10.8 Å². The number of piperidine rings is 1. The topological polar surface area (TPSA) is 49.5 Å². The molecule has 0 aliphatic carbocycles. The second-order valence-corrected chi connectivity index (χ2v) is 4.91. The van der Waals surface area contributed by atoms with Crippen molar-refractivity contribution >= 4 is 0 Å². The number of nitrogens with zero attached hydrogens (tertiary/aromatic N) is 1. The first kappa shape index (κ1) is 12.4. The van der Waals surface area contributed by atoms with Crippen molar-refractivity contribution in [3.05, 3.63) is 29.8 Å². The lowest BCUT2D eigenvalue weighted by Crippen LogP contribution is -2.44. The van der Waals surface area contributed by atoms with Gasteiger partial charge in [-0.15, -0.1) is 0 Å². The highest BCUT2D eigenvalue weighted by Gasteiger charge is 2.23. The Kier molecular flexibility index (Phi) is 4.02.